The van der Waals surface area contributed by atoms with Crippen LogP contribution in [0, 0.1) is 0 Å². The van der Waals surface area contributed by atoms with Gasteiger partial charge in [-0.3, -0.25) is 5.32 Å². The van der Waals surface area contributed by atoms with Crippen LogP contribution in [0.25, 0.3) is 0 Å². The Morgan fingerprint density at radius 1 is 0.852 bits per heavy atom. The van der Waals surface area contributed by atoms with Crippen LogP contribution >= 0.6 is 12.4 Å². The highest BCUT2D eigenvalue weighted by Crippen LogP contribution is 2.19. The summed E-state index contributed by atoms with van der Waals surface area (Å²) in [6, 6.07) is 25.4. The molecule has 0 saturated heterocycles. The minimum Gasteiger partial charge on any atom is -0.508 e. The van der Waals surface area contributed by atoms with Gasteiger partial charge in [0.15, 0.2) is 0 Å². The molecule has 0 bridgehead atoms. The van der Waals surface area contributed by atoms with Gasteiger partial charge in [-0.25, -0.2) is 4.79 Å². The van der Waals surface area contributed by atoms with Crippen molar-refractivity contribution in [1.29, 1.82) is 0 Å². The van der Waals surface area contributed by atoms with Crippen molar-refractivity contribution < 1.29 is 14.6 Å². The number of rotatable bonds is 7. The van der Waals surface area contributed by atoms with Crippen LogP contribution in [0.15, 0.2) is 84.9 Å². The number of phenolic OH excluding ortho intramolecular Hbond substituents is 1. The zero-order valence-corrected chi connectivity index (χ0v) is 15.6. The number of hydrogen-bond acceptors (Lipinski definition) is 4. The van der Waals surface area contributed by atoms with E-state index in [4.69, 9.17) is 4.74 Å². The zero-order valence-electron chi connectivity index (χ0n) is 14.7. The number of carbonyl (C=O) groups is 1. The van der Waals surface area contributed by atoms with E-state index in [-0.39, 0.29) is 30.7 Å². The van der Waals surface area contributed by atoms with Gasteiger partial charge in [0, 0.05) is 6.54 Å². The Hall–Kier alpha value is -2.82. The Balaban J connectivity index is 0.00000261. The molecule has 4 nitrogen and oxygen atoms in total. The van der Waals surface area contributed by atoms with E-state index in [0.717, 1.165) is 16.7 Å². The summed E-state index contributed by atoms with van der Waals surface area (Å²) in [5.41, 5.74) is 2.76. The number of phenols is 1. The van der Waals surface area contributed by atoms with Crippen molar-refractivity contribution in [2.24, 2.45) is 0 Å². The Kier molecular flexibility index (Phi) is 7.86. The van der Waals surface area contributed by atoms with Crippen LogP contribution in [0.1, 0.15) is 22.7 Å². The molecule has 0 radical (unpaired) electrons. The van der Waals surface area contributed by atoms with E-state index in [1.807, 2.05) is 60.7 Å². The average Bonchev–Trinajstić information content (AvgIpc) is 2.69. The number of carbonyl (C=O) groups excluding carboxylic acids is 1. The standard InChI is InChI=1S/C22H21NO3.ClH/c24-20-13-11-19(12-14-20)21(23-15-17-7-3-1-4-8-17)22(25)26-16-18-9-5-2-6-10-18;/h1-14,21,23-24H,15-16H2;1H. The molecule has 3 aromatic carbocycles. The van der Waals surface area contributed by atoms with Crippen molar-refractivity contribution in [3.63, 3.8) is 0 Å². The largest absolute Gasteiger partial charge is 0.508 e. The summed E-state index contributed by atoms with van der Waals surface area (Å²) in [6.07, 6.45) is 0. The second-order valence-corrected chi connectivity index (χ2v) is 5.98. The average molecular weight is 384 g/mol. The number of aromatic hydroxyl groups is 1. The van der Waals surface area contributed by atoms with E-state index in [2.05, 4.69) is 5.32 Å². The Morgan fingerprint density at radius 2 is 1.41 bits per heavy atom. The van der Waals surface area contributed by atoms with Crippen molar-refractivity contribution in [1.82, 2.24) is 5.32 Å². The van der Waals surface area contributed by atoms with E-state index >= 15 is 0 Å². The fourth-order valence-corrected chi connectivity index (χ4v) is 2.63. The molecule has 0 amide bonds. The first kappa shape index (κ1) is 20.5. The van der Waals surface area contributed by atoms with E-state index < -0.39 is 6.04 Å². The first-order valence-electron chi connectivity index (χ1n) is 8.49. The third kappa shape index (κ3) is 6.13. The monoisotopic (exact) mass is 383 g/mol. The van der Waals surface area contributed by atoms with Crippen molar-refractivity contribution in [2.45, 2.75) is 19.2 Å². The van der Waals surface area contributed by atoms with Gasteiger partial charge in [-0.2, -0.15) is 0 Å². The maximum atomic E-state index is 12.7. The van der Waals surface area contributed by atoms with Crippen LogP contribution in [0.5, 0.6) is 5.75 Å². The fourth-order valence-electron chi connectivity index (χ4n) is 2.63. The quantitative estimate of drug-likeness (QED) is 0.594. The van der Waals surface area contributed by atoms with Crippen molar-refractivity contribution in [3.8, 4) is 5.75 Å². The normalized spacial score (nSPS) is 11.3. The molecular formula is C22H22ClNO3. The Morgan fingerprint density at radius 3 is 2.00 bits per heavy atom. The summed E-state index contributed by atoms with van der Waals surface area (Å²) >= 11 is 0. The number of esters is 1. The Bertz CT molecular complexity index is 823. The smallest absolute Gasteiger partial charge is 0.328 e. The third-order valence-corrected chi connectivity index (χ3v) is 4.04. The number of ether oxygens (including phenoxy) is 1. The molecule has 0 aliphatic heterocycles. The molecule has 0 aromatic heterocycles. The van der Waals surface area contributed by atoms with Crippen molar-refractivity contribution in [2.75, 3.05) is 0 Å². The molecule has 27 heavy (non-hydrogen) atoms. The second kappa shape index (κ2) is 10.4. The maximum absolute atomic E-state index is 12.7. The lowest BCUT2D eigenvalue weighted by atomic mass is 10.1. The topological polar surface area (TPSA) is 58.6 Å². The van der Waals surface area contributed by atoms with Crippen LogP contribution in [0.4, 0.5) is 0 Å². The lowest BCUT2D eigenvalue weighted by molar-refractivity contribution is -0.147. The van der Waals surface area contributed by atoms with E-state index in [9.17, 15) is 9.90 Å². The zero-order chi connectivity index (χ0) is 18.2. The highest BCUT2D eigenvalue weighted by Gasteiger charge is 2.22. The van der Waals surface area contributed by atoms with Crippen LogP contribution in [0.2, 0.25) is 0 Å². The van der Waals surface area contributed by atoms with E-state index in [1.54, 1.807) is 24.3 Å². The molecule has 2 N–H and O–H groups in total. The SMILES string of the molecule is Cl.O=C(OCc1ccccc1)C(NCc1ccccc1)c1ccc(O)cc1. The van der Waals surface area contributed by atoms with Gasteiger partial charge in [-0.15, -0.1) is 12.4 Å². The molecule has 1 atom stereocenters. The molecule has 1 unspecified atom stereocenters. The lowest BCUT2D eigenvalue weighted by Gasteiger charge is -2.18. The van der Waals surface area contributed by atoms with Gasteiger partial charge < -0.3 is 9.84 Å². The number of hydrogen-bond donors (Lipinski definition) is 2. The van der Waals surface area contributed by atoms with Gasteiger partial charge in [-0.1, -0.05) is 72.8 Å². The number of halogens is 1. The van der Waals surface area contributed by atoms with Crippen molar-refractivity contribution >= 4 is 18.4 Å². The van der Waals surface area contributed by atoms with Gasteiger partial charge >= 0.3 is 5.97 Å². The molecule has 0 spiro atoms. The summed E-state index contributed by atoms with van der Waals surface area (Å²) in [5, 5.41) is 12.8. The van der Waals surface area contributed by atoms with Crippen molar-refractivity contribution in [3.05, 3.63) is 102 Å². The second-order valence-electron chi connectivity index (χ2n) is 5.98. The van der Waals surface area contributed by atoms with Crippen LogP contribution in [-0.4, -0.2) is 11.1 Å². The molecule has 0 heterocycles. The predicted molar refractivity (Wildman–Crippen MR) is 108 cm³/mol. The predicted octanol–water partition coefficient (Wildman–Crippen LogP) is 4.39. The summed E-state index contributed by atoms with van der Waals surface area (Å²) in [4.78, 5) is 12.7. The van der Waals surface area contributed by atoms with Gasteiger partial charge in [0.2, 0.25) is 0 Å². The van der Waals surface area contributed by atoms with Crippen LogP contribution < -0.4 is 5.32 Å². The van der Waals surface area contributed by atoms with Gasteiger partial charge in [0.1, 0.15) is 18.4 Å². The summed E-state index contributed by atoms with van der Waals surface area (Å²) in [5.74, 6) is -0.191. The number of benzene rings is 3. The minimum atomic E-state index is -0.612. The molecule has 0 aliphatic carbocycles. The molecule has 140 valence electrons. The molecule has 3 rings (SSSR count). The highest BCUT2D eigenvalue weighted by molar-refractivity contribution is 5.85. The van der Waals surface area contributed by atoms with Crippen LogP contribution in [0.3, 0.4) is 0 Å². The molecule has 0 saturated carbocycles. The summed E-state index contributed by atoms with van der Waals surface area (Å²) < 4.78 is 5.50. The first-order valence-corrected chi connectivity index (χ1v) is 8.49. The molecule has 0 fully saturated rings. The summed E-state index contributed by atoms with van der Waals surface area (Å²) in [6.45, 7) is 0.758. The molecule has 3 aromatic rings. The van der Waals surface area contributed by atoms with Gasteiger partial charge in [-0.05, 0) is 28.8 Å². The minimum absolute atomic E-state index is 0. The highest BCUT2D eigenvalue weighted by atomic mass is 35.5. The Labute approximate surface area is 165 Å². The van der Waals surface area contributed by atoms with Crippen LogP contribution in [-0.2, 0) is 22.7 Å². The summed E-state index contributed by atoms with van der Waals surface area (Å²) in [7, 11) is 0. The third-order valence-electron chi connectivity index (χ3n) is 4.04. The maximum Gasteiger partial charge on any atom is 0.328 e. The van der Waals surface area contributed by atoms with E-state index in [1.165, 1.54) is 0 Å². The van der Waals surface area contributed by atoms with E-state index in [0.29, 0.717) is 6.54 Å². The molecule has 0 aliphatic rings. The van der Waals surface area contributed by atoms with Gasteiger partial charge in [0.05, 0.1) is 0 Å². The molecule has 5 heteroatoms. The lowest BCUT2D eigenvalue weighted by Crippen LogP contribution is -2.29. The fraction of sp³-hybridized carbons (Fsp3) is 0.136. The van der Waals surface area contributed by atoms with Gasteiger partial charge in [0.25, 0.3) is 0 Å². The molecular weight excluding hydrogens is 362 g/mol. The first-order chi connectivity index (χ1) is 12.7. The number of nitrogens with one attached hydrogen (secondary N) is 1.